The molecular weight excluding hydrogens is 552 g/mol. The molecule has 6 rings (SSSR count). The Bertz CT molecular complexity index is 1090. The summed E-state index contributed by atoms with van der Waals surface area (Å²) in [5, 5.41) is 26.1. The Morgan fingerprint density at radius 3 is 2.50 bits per heavy atom. The number of aliphatic hydroxyl groups is 2. The molecule has 2 unspecified atom stereocenters. The molecule has 5 fully saturated rings. The normalized spacial score (nSPS) is 33.0. The van der Waals surface area contributed by atoms with Crippen molar-refractivity contribution in [2.45, 2.75) is 110 Å². The number of carbonyl (C=O) groups excluding carboxylic acids is 1. The van der Waals surface area contributed by atoms with Crippen LogP contribution in [0.1, 0.15) is 83.8 Å². The van der Waals surface area contributed by atoms with E-state index in [1.807, 2.05) is 0 Å². The Morgan fingerprint density at radius 1 is 1.14 bits per heavy atom. The van der Waals surface area contributed by atoms with E-state index in [-0.39, 0.29) is 18.6 Å². The maximum absolute atomic E-state index is 14.0. The van der Waals surface area contributed by atoms with Gasteiger partial charge in [-0.15, -0.1) is 0 Å². The van der Waals surface area contributed by atoms with E-state index >= 15 is 0 Å². The number of nitrogens with zero attached hydrogens (tertiary/aromatic N) is 3. The van der Waals surface area contributed by atoms with Gasteiger partial charge in [0.2, 0.25) is 5.91 Å². The predicted octanol–water partition coefficient (Wildman–Crippen LogP) is 4.29. The van der Waals surface area contributed by atoms with Crippen molar-refractivity contribution in [2.24, 2.45) is 35.0 Å². The van der Waals surface area contributed by atoms with Gasteiger partial charge in [-0.25, -0.2) is 0 Å². The van der Waals surface area contributed by atoms with Crippen LogP contribution in [0, 0.1) is 35.0 Å². The molecule has 3 N–H and O–H groups in total. The number of likely N-dealkylation sites (N-methyl/N-ethyl adjacent to an activating group) is 1. The zero-order valence-corrected chi connectivity index (χ0v) is 28.3. The summed E-state index contributed by atoms with van der Waals surface area (Å²) in [5.41, 5.74) is 2.68. The third-order valence-electron chi connectivity index (χ3n) is 11.9. The zero-order chi connectivity index (χ0) is 31.6. The van der Waals surface area contributed by atoms with Crippen molar-refractivity contribution in [1.29, 1.82) is 0 Å². The first kappa shape index (κ1) is 33.8. The first-order chi connectivity index (χ1) is 21.0. The SMILES string of the molecule is C[C@H](O)[C@@H]1[C@H](CO)ON(Cc2cccc(CN(CCN(C)C)CC3CCCCC3)c2)[C@@H]1C(=O)N[C@H]1CC2CC([C@H]1C)C2(C)C. The van der Waals surface area contributed by atoms with E-state index in [1.54, 1.807) is 12.0 Å². The highest BCUT2D eigenvalue weighted by atomic mass is 16.7. The summed E-state index contributed by atoms with van der Waals surface area (Å²) in [7, 11) is 4.28. The van der Waals surface area contributed by atoms with Crippen LogP contribution in [0.2, 0.25) is 0 Å². The standard InChI is InChI=1S/C36H60N4O4/c1-24-30-18-29(36(30,3)4)19-31(24)37-35(43)34-33(25(2)42)32(23-41)44-40(34)22-28-14-10-13-27(17-28)21-39(16-15-38(5)6)20-26-11-8-7-9-12-26/h10,13-14,17,24-26,29-34,41-42H,7-9,11-12,15-16,18-23H2,1-6H3,(H,37,43)/t24-,25+,29?,30?,31+,32+,33-,34+/m1/s1. The number of rotatable bonds is 13. The summed E-state index contributed by atoms with van der Waals surface area (Å²) in [6, 6.07) is 8.10. The van der Waals surface area contributed by atoms with Crippen LogP contribution >= 0.6 is 0 Å². The molecule has 0 radical (unpaired) electrons. The molecule has 0 aromatic heterocycles. The van der Waals surface area contributed by atoms with Crippen LogP contribution in [0.5, 0.6) is 0 Å². The number of nitrogens with one attached hydrogen (secondary N) is 1. The first-order valence-corrected chi connectivity index (χ1v) is 17.5. The van der Waals surface area contributed by atoms with Crippen molar-refractivity contribution in [3.05, 3.63) is 35.4 Å². The van der Waals surface area contributed by atoms with E-state index in [1.165, 1.54) is 44.1 Å². The molecule has 1 aliphatic heterocycles. The van der Waals surface area contributed by atoms with E-state index in [0.29, 0.717) is 29.7 Å². The fraction of sp³-hybridized carbons (Fsp3) is 0.806. The minimum absolute atomic E-state index is 0.0960. The van der Waals surface area contributed by atoms with E-state index < -0.39 is 24.2 Å². The fourth-order valence-electron chi connectivity index (χ4n) is 9.06. The van der Waals surface area contributed by atoms with Gasteiger partial charge in [-0.1, -0.05) is 64.3 Å². The van der Waals surface area contributed by atoms with Crippen LogP contribution in [0.4, 0.5) is 0 Å². The minimum atomic E-state index is -0.791. The summed E-state index contributed by atoms with van der Waals surface area (Å²) in [6.07, 6.45) is 7.60. The van der Waals surface area contributed by atoms with Crippen molar-refractivity contribution in [1.82, 2.24) is 20.2 Å². The molecule has 44 heavy (non-hydrogen) atoms. The minimum Gasteiger partial charge on any atom is -0.394 e. The predicted molar refractivity (Wildman–Crippen MR) is 174 cm³/mol. The molecular formula is C36H60N4O4. The third kappa shape index (κ3) is 7.53. The molecule has 4 saturated carbocycles. The lowest BCUT2D eigenvalue weighted by atomic mass is 9.45. The molecule has 1 aromatic carbocycles. The zero-order valence-electron chi connectivity index (χ0n) is 28.3. The van der Waals surface area contributed by atoms with Crippen molar-refractivity contribution >= 4 is 5.91 Å². The number of hydrogen-bond donors (Lipinski definition) is 3. The lowest BCUT2D eigenvalue weighted by molar-refractivity contribution is -0.183. The van der Waals surface area contributed by atoms with Gasteiger partial charge in [0.1, 0.15) is 12.1 Å². The van der Waals surface area contributed by atoms with Gasteiger partial charge in [0, 0.05) is 38.1 Å². The number of carbonyl (C=O) groups is 1. The van der Waals surface area contributed by atoms with Gasteiger partial charge in [0.25, 0.3) is 0 Å². The van der Waals surface area contributed by atoms with Gasteiger partial charge in [-0.05, 0) is 86.9 Å². The maximum Gasteiger partial charge on any atom is 0.240 e. The topological polar surface area (TPSA) is 88.5 Å². The van der Waals surface area contributed by atoms with Crippen LogP contribution in [-0.2, 0) is 22.7 Å². The molecule has 1 saturated heterocycles. The summed E-state index contributed by atoms with van der Waals surface area (Å²) >= 11 is 0. The van der Waals surface area contributed by atoms with Crippen molar-refractivity contribution in [3.8, 4) is 0 Å². The second kappa shape index (κ2) is 14.5. The maximum atomic E-state index is 14.0. The lowest BCUT2D eigenvalue weighted by Gasteiger charge is -2.62. The summed E-state index contributed by atoms with van der Waals surface area (Å²) in [6.45, 7) is 13.0. The van der Waals surface area contributed by atoms with Gasteiger partial charge in [-0.2, -0.15) is 5.06 Å². The van der Waals surface area contributed by atoms with Crippen molar-refractivity contribution in [2.75, 3.05) is 40.3 Å². The quantitative estimate of drug-likeness (QED) is 0.306. The second-order valence-electron chi connectivity index (χ2n) is 15.6. The Morgan fingerprint density at radius 2 is 1.86 bits per heavy atom. The molecule has 8 nitrogen and oxygen atoms in total. The lowest BCUT2D eigenvalue weighted by Crippen LogP contribution is -2.62. The Hall–Kier alpha value is -1.55. The van der Waals surface area contributed by atoms with Crippen molar-refractivity contribution < 1.29 is 19.8 Å². The number of fused-ring (bicyclic) bond motifs is 2. The van der Waals surface area contributed by atoms with Crippen LogP contribution in [0.15, 0.2) is 24.3 Å². The fourth-order valence-corrected chi connectivity index (χ4v) is 9.06. The van der Waals surface area contributed by atoms with Crippen LogP contribution in [-0.4, -0.2) is 95.6 Å². The number of hydroxylamine groups is 2. The molecule has 248 valence electrons. The van der Waals surface area contributed by atoms with Gasteiger partial charge in [0.15, 0.2) is 0 Å². The molecule has 8 atom stereocenters. The van der Waals surface area contributed by atoms with E-state index in [9.17, 15) is 15.0 Å². The Labute approximate surface area is 266 Å². The third-order valence-corrected chi connectivity index (χ3v) is 11.9. The van der Waals surface area contributed by atoms with Gasteiger partial charge in [-0.3, -0.25) is 14.5 Å². The van der Waals surface area contributed by atoms with Gasteiger partial charge in [0.05, 0.1) is 19.3 Å². The highest BCUT2D eigenvalue weighted by Crippen LogP contribution is 2.61. The van der Waals surface area contributed by atoms with Crippen LogP contribution in [0.25, 0.3) is 0 Å². The molecule has 0 spiro atoms. The number of benzene rings is 1. The molecule has 1 heterocycles. The Kier molecular flexibility index (Phi) is 11.1. The van der Waals surface area contributed by atoms with Gasteiger partial charge < -0.3 is 20.4 Å². The molecule has 2 bridgehead atoms. The molecule has 1 amide bonds. The second-order valence-corrected chi connectivity index (χ2v) is 15.6. The van der Waals surface area contributed by atoms with E-state index in [0.717, 1.165) is 44.1 Å². The van der Waals surface area contributed by atoms with Crippen LogP contribution in [0.3, 0.4) is 0 Å². The number of hydrogen-bond acceptors (Lipinski definition) is 7. The van der Waals surface area contributed by atoms with Gasteiger partial charge >= 0.3 is 0 Å². The largest absolute Gasteiger partial charge is 0.394 e. The average molecular weight is 613 g/mol. The van der Waals surface area contributed by atoms with E-state index in [2.05, 4.69) is 74.2 Å². The van der Waals surface area contributed by atoms with E-state index in [4.69, 9.17) is 4.84 Å². The number of amides is 1. The molecule has 1 aromatic rings. The summed E-state index contributed by atoms with van der Waals surface area (Å²) < 4.78 is 0. The number of aliphatic hydroxyl groups excluding tert-OH is 2. The molecule has 5 aliphatic rings. The highest BCUT2D eigenvalue weighted by molar-refractivity contribution is 5.82. The smallest absolute Gasteiger partial charge is 0.240 e. The Balaban J connectivity index is 1.29. The highest BCUT2D eigenvalue weighted by Gasteiger charge is 2.57. The summed E-state index contributed by atoms with van der Waals surface area (Å²) in [5.74, 6) is 1.85. The summed E-state index contributed by atoms with van der Waals surface area (Å²) in [4.78, 5) is 25.1. The molecule has 4 aliphatic carbocycles. The average Bonchev–Trinajstić information content (AvgIpc) is 3.36. The van der Waals surface area contributed by atoms with Crippen molar-refractivity contribution in [3.63, 3.8) is 0 Å². The monoisotopic (exact) mass is 612 g/mol. The first-order valence-electron chi connectivity index (χ1n) is 17.5. The molecule has 8 heteroatoms. The van der Waals surface area contributed by atoms with Crippen LogP contribution < -0.4 is 5.32 Å².